The summed E-state index contributed by atoms with van der Waals surface area (Å²) in [6, 6.07) is 7.94. The lowest BCUT2D eigenvalue weighted by Gasteiger charge is -2.24. The summed E-state index contributed by atoms with van der Waals surface area (Å²) in [6.45, 7) is 8.31. The summed E-state index contributed by atoms with van der Waals surface area (Å²) < 4.78 is 5.82. The maximum Gasteiger partial charge on any atom is 0.119 e. The third kappa shape index (κ3) is 5.28. The fraction of sp³-hybridized carbons (Fsp3) is 0.600. The molecule has 0 aromatic heterocycles. The minimum atomic E-state index is 0.408. The van der Waals surface area contributed by atoms with Crippen LogP contribution in [0.15, 0.2) is 24.3 Å². The van der Waals surface area contributed by atoms with E-state index in [1.54, 1.807) is 0 Å². The van der Waals surface area contributed by atoms with Gasteiger partial charge in [-0.25, -0.2) is 0 Å². The minimum absolute atomic E-state index is 0.408. The summed E-state index contributed by atoms with van der Waals surface area (Å²) in [5, 5.41) is 4.24. The molecule has 0 heterocycles. The molecule has 2 atom stereocenters. The molecule has 0 aliphatic carbocycles. The summed E-state index contributed by atoms with van der Waals surface area (Å²) in [5.41, 5.74) is 0. The van der Waals surface area contributed by atoms with Crippen molar-refractivity contribution in [1.82, 2.24) is 5.32 Å². The SMILES string of the molecule is CCCC(C)C(COc1ccc(Cl)cc1)NCC. The van der Waals surface area contributed by atoms with Gasteiger partial charge in [0.05, 0.1) is 0 Å². The van der Waals surface area contributed by atoms with Crippen molar-refractivity contribution in [2.24, 2.45) is 5.92 Å². The largest absolute Gasteiger partial charge is 0.492 e. The molecular weight excluding hydrogens is 246 g/mol. The number of hydrogen-bond acceptors (Lipinski definition) is 2. The number of likely N-dealkylation sites (N-methyl/N-ethyl adjacent to an activating group) is 1. The van der Waals surface area contributed by atoms with Gasteiger partial charge < -0.3 is 10.1 Å². The Balaban J connectivity index is 2.48. The maximum absolute atomic E-state index is 5.85. The van der Waals surface area contributed by atoms with E-state index >= 15 is 0 Å². The summed E-state index contributed by atoms with van der Waals surface area (Å²) in [7, 11) is 0. The van der Waals surface area contributed by atoms with Crippen LogP contribution in [0.1, 0.15) is 33.6 Å². The highest BCUT2D eigenvalue weighted by Gasteiger charge is 2.16. The molecule has 0 saturated heterocycles. The molecule has 0 radical (unpaired) electrons. The summed E-state index contributed by atoms with van der Waals surface area (Å²) >= 11 is 5.85. The van der Waals surface area contributed by atoms with E-state index < -0.39 is 0 Å². The Kier molecular flexibility index (Phi) is 7.14. The Morgan fingerprint density at radius 1 is 1.22 bits per heavy atom. The quantitative estimate of drug-likeness (QED) is 0.766. The number of nitrogens with one attached hydrogen (secondary N) is 1. The monoisotopic (exact) mass is 269 g/mol. The smallest absolute Gasteiger partial charge is 0.119 e. The maximum atomic E-state index is 5.85. The number of hydrogen-bond donors (Lipinski definition) is 1. The molecule has 3 heteroatoms. The van der Waals surface area contributed by atoms with Crippen molar-refractivity contribution >= 4 is 11.6 Å². The second-order valence-electron chi connectivity index (χ2n) is 4.70. The van der Waals surface area contributed by atoms with Crippen LogP contribution in [-0.2, 0) is 0 Å². The lowest BCUT2D eigenvalue weighted by molar-refractivity contribution is 0.219. The van der Waals surface area contributed by atoms with Gasteiger partial charge in [0.25, 0.3) is 0 Å². The molecule has 0 fully saturated rings. The molecule has 0 spiro atoms. The molecule has 0 bridgehead atoms. The molecule has 0 saturated carbocycles. The lowest BCUT2D eigenvalue weighted by Crippen LogP contribution is -2.39. The van der Waals surface area contributed by atoms with Crippen LogP contribution in [0.2, 0.25) is 5.02 Å². The van der Waals surface area contributed by atoms with Crippen LogP contribution < -0.4 is 10.1 Å². The van der Waals surface area contributed by atoms with Crippen molar-refractivity contribution in [3.8, 4) is 5.75 Å². The van der Waals surface area contributed by atoms with Gasteiger partial charge >= 0.3 is 0 Å². The van der Waals surface area contributed by atoms with E-state index in [1.165, 1.54) is 12.8 Å². The van der Waals surface area contributed by atoms with Crippen molar-refractivity contribution in [2.75, 3.05) is 13.2 Å². The second-order valence-corrected chi connectivity index (χ2v) is 5.13. The molecule has 2 unspecified atom stereocenters. The first-order valence-electron chi connectivity index (χ1n) is 6.79. The topological polar surface area (TPSA) is 21.3 Å². The number of benzene rings is 1. The van der Waals surface area contributed by atoms with Crippen LogP contribution in [0.25, 0.3) is 0 Å². The second kappa shape index (κ2) is 8.39. The molecule has 1 aromatic rings. The third-order valence-corrected chi connectivity index (χ3v) is 3.39. The van der Waals surface area contributed by atoms with Crippen LogP contribution in [0.3, 0.4) is 0 Å². The zero-order valence-corrected chi connectivity index (χ0v) is 12.3. The van der Waals surface area contributed by atoms with Crippen LogP contribution >= 0.6 is 11.6 Å². The van der Waals surface area contributed by atoms with Crippen molar-refractivity contribution in [3.63, 3.8) is 0 Å². The fourth-order valence-electron chi connectivity index (χ4n) is 2.06. The Bertz CT molecular complexity index is 326. The summed E-state index contributed by atoms with van der Waals surface area (Å²) in [4.78, 5) is 0. The molecule has 1 rings (SSSR count). The Hall–Kier alpha value is -0.730. The molecule has 18 heavy (non-hydrogen) atoms. The van der Waals surface area contributed by atoms with Gasteiger partial charge in [0, 0.05) is 11.1 Å². The average Bonchev–Trinajstić information content (AvgIpc) is 2.36. The predicted molar refractivity (Wildman–Crippen MR) is 78.5 cm³/mol. The van der Waals surface area contributed by atoms with Gasteiger partial charge in [-0.2, -0.15) is 0 Å². The van der Waals surface area contributed by atoms with Crippen LogP contribution in [0, 0.1) is 5.92 Å². The lowest BCUT2D eigenvalue weighted by atomic mass is 9.97. The molecular formula is C15H24ClNO. The molecule has 102 valence electrons. The van der Waals surface area contributed by atoms with Gasteiger partial charge in [-0.1, -0.05) is 38.8 Å². The molecule has 0 aliphatic heterocycles. The first kappa shape index (κ1) is 15.3. The van der Waals surface area contributed by atoms with Crippen molar-refractivity contribution in [1.29, 1.82) is 0 Å². The van der Waals surface area contributed by atoms with Crippen molar-refractivity contribution < 1.29 is 4.74 Å². The van der Waals surface area contributed by atoms with Gasteiger partial charge in [0.15, 0.2) is 0 Å². The summed E-state index contributed by atoms with van der Waals surface area (Å²) in [5.74, 6) is 1.51. The van der Waals surface area contributed by atoms with E-state index in [4.69, 9.17) is 16.3 Å². The average molecular weight is 270 g/mol. The zero-order valence-electron chi connectivity index (χ0n) is 11.6. The van der Waals surface area contributed by atoms with Crippen LogP contribution in [0.5, 0.6) is 5.75 Å². The molecule has 0 amide bonds. The van der Waals surface area contributed by atoms with Crippen LogP contribution in [-0.4, -0.2) is 19.2 Å². The Labute approximate surface area is 116 Å². The van der Waals surface area contributed by atoms with Crippen molar-refractivity contribution in [3.05, 3.63) is 29.3 Å². The van der Waals surface area contributed by atoms with E-state index in [0.29, 0.717) is 18.6 Å². The highest BCUT2D eigenvalue weighted by Crippen LogP contribution is 2.17. The zero-order chi connectivity index (χ0) is 13.4. The first-order chi connectivity index (χ1) is 8.67. The minimum Gasteiger partial charge on any atom is -0.492 e. The molecule has 2 nitrogen and oxygen atoms in total. The highest BCUT2D eigenvalue weighted by molar-refractivity contribution is 6.30. The normalized spacial score (nSPS) is 14.2. The molecule has 0 aliphatic rings. The molecule has 1 N–H and O–H groups in total. The number of rotatable bonds is 8. The van der Waals surface area contributed by atoms with Gasteiger partial charge in [0.1, 0.15) is 12.4 Å². The van der Waals surface area contributed by atoms with E-state index in [1.807, 2.05) is 24.3 Å². The Morgan fingerprint density at radius 3 is 2.44 bits per heavy atom. The van der Waals surface area contributed by atoms with Gasteiger partial charge in [-0.3, -0.25) is 0 Å². The van der Waals surface area contributed by atoms with E-state index in [-0.39, 0.29) is 0 Å². The standard InChI is InChI=1S/C15H24ClNO/c1-4-6-12(3)15(17-5-2)11-18-14-9-7-13(16)8-10-14/h7-10,12,15,17H,4-6,11H2,1-3H3. The van der Waals surface area contributed by atoms with Crippen molar-refractivity contribution in [2.45, 2.75) is 39.7 Å². The highest BCUT2D eigenvalue weighted by atomic mass is 35.5. The number of ether oxygens (including phenoxy) is 1. The van der Waals surface area contributed by atoms with Gasteiger partial charge in [0.2, 0.25) is 0 Å². The predicted octanol–water partition coefficient (Wildman–Crippen LogP) is 4.13. The third-order valence-electron chi connectivity index (χ3n) is 3.14. The van der Waals surface area contributed by atoms with Gasteiger partial charge in [-0.05, 0) is 43.1 Å². The first-order valence-corrected chi connectivity index (χ1v) is 7.16. The van der Waals surface area contributed by atoms with E-state index in [0.717, 1.165) is 17.3 Å². The van der Waals surface area contributed by atoms with Gasteiger partial charge in [-0.15, -0.1) is 0 Å². The number of halogens is 1. The Morgan fingerprint density at radius 2 is 1.89 bits per heavy atom. The molecule has 1 aromatic carbocycles. The van der Waals surface area contributed by atoms with Crippen LogP contribution in [0.4, 0.5) is 0 Å². The fourth-order valence-corrected chi connectivity index (χ4v) is 2.19. The van der Waals surface area contributed by atoms with E-state index in [2.05, 4.69) is 26.1 Å². The summed E-state index contributed by atoms with van der Waals surface area (Å²) in [6.07, 6.45) is 2.44. The van der Waals surface area contributed by atoms with E-state index in [9.17, 15) is 0 Å².